The second-order valence-corrected chi connectivity index (χ2v) is 4.93. The quantitative estimate of drug-likeness (QED) is 0.597. The van der Waals surface area contributed by atoms with Crippen LogP contribution in [0.15, 0.2) is 30.3 Å². The first kappa shape index (κ1) is 13.7. The number of likely N-dealkylation sites (tertiary alicyclic amines) is 1. The van der Waals surface area contributed by atoms with Crippen molar-refractivity contribution in [3.63, 3.8) is 0 Å². The Bertz CT molecular complexity index is 444. The fraction of sp³-hybridized carbons (Fsp3) is 0.467. The van der Waals surface area contributed by atoms with Crippen molar-refractivity contribution in [3.05, 3.63) is 35.9 Å². The van der Waals surface area contributed by atoms with Crippen molar-refractivity contribution < 1.29 is 14.3 Å². The third kappa shape index (κ3) is 3.89. The number of rotatable bonds is 5. The summed E-state index contributed by atoms with van der Waals surface area (Å²) >= 11 is 0. The third-order valence-corrected chi connectivity index (χ3v) is 3.52. The summed E-state index contributed by atoms with van der Waals surface area (Å²) in [6.07, 6.45) is 0.739. The van der Waals surface area contributed by atoms with Crippen LogP contribution in [0.4, 0.5) is 0 Å². The van der Waals surface area contributed by atoms with E-state index in [2.05, 4.69) is 21.8 Å². The number of hydrogen-bond acceptors (Lipinski definition) is 4. The van der Waals surface area contributed by atoms with Gasteiger partial charge in [0, 0.05) is 19.0 Å². The van der Waals surface area contributed by atoms with Gasteiger partial charge in [-0.15, -0.1) is 0 Å². The standard InChI is InChI=1S/C15H19NO3/c1-19-15(18)9-14(17)13-7-8-16(11-13)10-12-5-3-2-4-6-12/h2-6,13H,7-11H2,1H3. The number of Topliss-reactive ketones (excluding diaryl/α,β-unsaturated/α-hetero) is 1. The van der Waals surface area contributed by atoms with E-state index in [4.69, 9.17) is 0 Å². The van der Waals surface area contributed by atoms with Gasteiger partial charge in [0.15, 0.2) is 0 Å². The molecule has 102 valence electrons. The largest absolute Gasteiger partial charge is 0.469 e. The van der Waals surface area contributed by atoms with Crippen LogP contribution in [-0.2, 0) is 20.9 Å². The van der Waals surface area contributed by atoms with E-state index in [9.17, 15) is 9.59 Å². The van der Waals surface area contributed by atoms with Crippen molar-refractivity contribution in [2.24, 2.45) is 5.92 Å². The number of nitrogens with zero attached hydrogens (tertiary/aromatic N) is 1. The lowest BCUT2D eigenvalue weighted by Gasteiger charge is -2.15. The number of esters is 1. The average Bonchev–Trinajstić information content (AvgIpc) is 2.88. The van der Waals surface area contributed by atoms with E-state index in [0.29, 0.717) is 0 Å². The van der Waals surface area contributed by atoms with Gasteiger partial charge in [-0.25, -0.2) is 0 Å². The second-order valence-electron chi connectivity index (χ2n) is 4.93. The van der Waals surface area contributed by atoms with Crippen LogP contribution in [0.1, 0.15) is 18.4 Å². The molecule has 0 aromatic heterocycles. The van der Waals surface area contributed by atoms with Crippen LogP contribution in [-0.4, -0.2) is 36.9 Å². The predicted molar refractivity (Wildman–Crippen MR) is 71.5 cm³/mol. The first-order chi connectivity index (χ1) is 9.19. The van der Waals surface area contributed by atoms with Gasteiger partial charge in [0.2, 0.25) is 0 Å². The Balaban J connectivity index is 1.83. The van der Waals surface area contributed by atoms with E-state index < -0.39 is 5.97 Å². The van der Waals surface area contributed by atoms with Crippen molar-refractivity contribution in [2.45, 2.75) is 19.4 Å². The smallest absolute Gasteiger partial charge is 0.313 e. The number of methoxy groups -OCH3 is 1. The van der Waals surface area contributed by atoms with Gasteiger partial charge in [-0.3, -0.25) is 14.5 Å². The van der Waals surface area contributed by atoms with Crippen molar-refractivity contribution in [1.29, 1.82) is 0 Å². The van der Waals surface area contributed by atoms with Gasteiger partial charge in [-0.05, 0) is 18.5 Å². The SMILES string of the molecule is COC(=O)CC(=O)C1CCN(Cc2ccccc2)C1. The number of carbonyl (C=O) groups excluding carboxylic acids is 2. The van der Waals surface area contributed by atoms with Crippen LogP contribution in [0.3, 0.4) is 0 Å². The second kappa shape index (κ2) is 6.48. The average molecular weight is 261 g/mol. The van der Waals surface area contributed by atoms with E-state index in [-0.39, 0.29) is 18.1 Å². The molecule has 19 heavy (non-hydrogen) atoms. The maximum Gasteiger partial charge on any atom is 0.313 e. The summed E-state index contributed by atoms with van der Waals surface area (Å²) in [5.74, 6) is -0.461. The van der Waals surface area contributed by atoms with Crippen LogP contribution in [0.2, 0.25) is 0 Å². The highest BCUT2D eigenvalue weighted by molar-refractivity contribution is 5.96. The van der Waals surface area contributed by atoms with Crippen LogP contribution in [0, 0.1) is 5.92 Å². The molecular formula is C15H19NO3. The molecule has 1 heterocycles. The van der Waals surface area contributed by atoms with Gasteiger partial charge in [-0.2, -0.15) is 0 Å². The minimum atomic E-state index is -0.438. The van der Waals surface area contributed by atoms with Crippen LogP contribution >= 0.6 is 0 Å². The minimum absolute atomic E-state index is 0.00223. The van der Waals surface area contributed by atoms with E-state index in [1.165, 1.54) is 12.7 Å². The maximum absolute atomic E-state index is 11.9. The zero-order valence-corrected chi connectivity index (χ0v) is 11.2. The zero-order chi connectivity index (χ0) is 13.7. The molecule has 2 rings (SSSR count). The molecule has 0 amide bonds. The molecule has 1 unspecified atom stereocenters. The minimum Gasteiger partial charge on any atom is -0.469 e. The fourth-order valence-corrected chi connectivity index (χ4v) is 2.44. The molecule has 1 aromatic rings. The molecule has 0 N–H and O–H groups in total. The molecule has 4 heteroatoms. The van der Waals surface area contributed by atoms with E-state index in [1.807, 2.05) is 18.2 Å². The Morgan fingerprint density at radius 2 is 2.05 bits per heavy atom. The van der Waals surface area contributed by atoms with Crippen molar-refractivity contribution >= 4 is 11.8 Å². The lowest BCUT2D eigenvalue weighted by Crippen LogP contribution is -2.24. The summed E-state index contributed by atoms with van der Waals surface area (Å²) < 4.78 is 4.53. The van der Waals surface area contributed by atoms with Crippen LogP contribution in [0.25, 0.3) is 0 Å². The molecule has 1 fully saturated rings. The molecule has 1 aromatic carbocycles. The van der Waals surface area contributed by atoms with Gasteiger partial charge >= 0.3 is 5.97 Å². The molecule has 1 aliphatic rings. The third-order valence-electron chi connectivity index (χ3n) is 3.52. The summed E-state index contributed by atoms with van der Waals surface area (Å²) in [6.45, 7) is 2.51. The topological polar surface area (TPSA) is 46.6 Å². The zero-order valence-electron chi connectivity index (χ0n) is 11.2. The molecule has 0 saturated carbocycles. The van der Waals surface area contributed by atoms with Gasteiger partial charge in [0.05, 0.1) is 7.11 Å². The normalized spacial score (nSPS) is 19.3. The van der Waals surface area contributed by atoms with Gasteiger partial charge in [-0.1, -0.05) is 30.3 Å². The monoisotopic (exact) mass is 261 g/mol. The highest BCUT2D eigenvalue weighted by Crippen LogP contribution is 2.20. The summed E-state index contributed by atoms with van der Waals surface area (Å²) in [5.41, 5.74) is 1.25. The van der Waals surface area contributed by atoms with E-state index >= 15 is 0 Å². The molecule has 0 bridgehead atoms. The van der Waals surface area contributed by atoms with Crippen LogP contribution < -0.4 is 0 Å². The summed E-state index contributed by atoms with van der Waals surface area (Å²) in [4.78, 5) is 25.2. The number of ether oxygens (including phenoxy) is 1. The van der Waals surface area contributed by atoms with Gasteiger partial charge in [0.1, 0.15) is 12.2 Å². The molecule has 1 atom stereocenters. The first-order valence-corrected chi connectivity index (χ1v) is 6.55. The van der Waals surface area contributed by atoms with Crippen molar-refractivity contribution in [2.75, 3.05) is 20.2 Å². The van der Waals surface area contributed by atoms with E-state index in [0.717, 1.165) is 26.1 Å². The summed E-state index contributed by atoms with van der Waals surface area (Å²) in [6, 6.07) is 10.2. The number of carbonyl (C=O) groups is 2. The summed E-state index contributed by atoms with van der Waals surface area (Å²) in [7, 11) is 1.31. The molecule has 0 radical (unpaired) electrons. The Labute approximate surface area is 113 Å². The Hall–Kier alpha value is -1.68. The molecule has 1 aliphatic heterocycles. The van der Waals surface area contributed by atoms with Crippen LogP contribution in [0.5, 0.6) is 0 Å². The maximum atomic E-state index is 11.9. The highest BCUT2D eigenvalue weighted by Gasteiger charge is 2.29. The predicted octanol–water partition coefficient (Wildman–Crippen LogP) is 1.64. The first-order valence-electron chi connectivity index (χ1n) is 6.55. The van der Waals surface area contributed by atoms with Crippen molar-refractivity contribution in [1.82, 2.24) is 4.90 Å². The lowest BCUT2D eigenvalue weighted by molar-refractivity contribution is -0.144. The van der Waals surface area contributed by atoms with Crippen molar-refractivity contribution in [3.8, 4) is 0 Å². The Morgan fingerprint density at radius 1 is 1.32 bits per heavy atom. The molecule has 0 spiro atoms. The molecular weight excluding hydrogens is 242 g/mol. The van der Waals surface area contributed by atoms with Gasteiger partial charge in [0.25, 0.3) is 0 Å². The molecule has 1 saturated heterocycles. The molecule has 0 aliphatic carbocycles. The van der Waals surface area contributed by atoms with E-state index in [1.54, 1.807) is 0 Å². The molecule has 4 nitrogen and oxygen atoms in total. The Kier molecular flexibility index (Phi) is 4.68. The Morgan fingerprint density at radius 3 is 2.74 bits per heavy atom. The highest BCUT2D eigenvalue weighted by atomic mass is 16.5. The lowest BCUT2D eigenvalue weighted by atomic mass is 10.0. The number of ketones is 1. The fourth-order valence-electron chi connectivity index (χ4n) is 2.44. The summed E-state index contributed by atoms with van der Waals surface area (Å²) in [5, 5.41) is 0. The van der Waals surface area contributed by atoms with Gasteiger partial charge < -0.3 is 4.74 Å². The number of benzene rings is 1. The number of hydrogen-bond donors (Lipinski definition) is 0.